The van der Waals surface area contributed by atoms with Crippen LogP contribution in [0, 0.1) is 0 Å². The maximum atomic E-state index is 11.3. The van der Waals surface area contributed by atoms with Gasteiger partial charge in [0.15, 0.2) is 5.13 Å². The summed E-state index contributed by atoms with van der Waals surface area (Å²) in [6.45, 7) is 6.74. The van der Waals surface area contributed by atoms with Gasteiger partial charge < -0.3 is 15.0 Å². The Hall–Kier alpha value is -1.14. The molecule has 6 heteroatoms. The number of likely N-dealkylation sites (tertiary alicyclic amines) is 1. The molecule has 1 fully saturated rings. The van der Waals surface area contributed by atoms with E-state index in [9.17, 15) is 4.79 Å². The van der Waals surface area contributed by atoms with Crippen LogP contribution in [-0.4, -0.2) is 48.6 Å². The van der Waals surface area contributed by atoms with Gasteiger partial charge in [-0.2, -0.15) is 0 Å². The number of carbonyl (C=O) groups is 1. The highest BCUT2D eigenvalue weighted by atomic mass is 32.1. The fraction of sp³-hybridized carbons (Fsp3) is 0.714. The summed E-state index contributed by atoms with van der Waals surface area (Å²) in [5.41, 5.74) is 0.965. The predicted octanol–water partition coefficient (Wildman–Crippen LogP) is 2.15. The minimum absolute atomic E-state index is 0.149. The molecule has 1 aliphatic heterocycles. The van der Waals surface area contributed by atoms with Crippen LogP contribution in [0.2, 0.25) is 0 Å². The summed E-state index contributed by atoms with van der Waals surface area (Å²) in [6, 6.07) is 0. The Morgan fingerprint density at radius 2 is 2.30 bits per heavy atom. The van der Waals surface area contributed by atoms with E-state index in [1.807, 2.05) is 12.3 Å². The summed E-state index contributed by atoms with van der Waals surface area (Å²) in [7, 11) is 0. The number of hydrogen-bond acceptors (Lipinski definition) is 6. The zero-order chi connectivity index (χ0) is 14.2. The second-order valence-corrected chi connectivity index (χ2v) is 5.78. The lowest BCUT2D eigenvalue weighted by atomic mass is 10.2. The van der Waals surface area contributed by atoms with Gasteiger partial charge in [-0.1, -0.05) is 0 Å². The van der Waals surface area contributed by atoms with Crippen molar-refractivity contribution in [2.45, 2.75) is 32.6 Å². The summed E-state index contributed by atoms with van der Waals surface area (Å²) >= 11 is 1.60. The van der Waals surface area contributed by atoms with Crippen molar-refractivity contribution in [1.29, 1.82) is 0 Å². The predicted molar refractivity (Wildman–Crippen MR) is 81.2 cm³/mol. The van der Waals surface area contributed by atoms with Crippen molar-refractivity contribution < 1.29 is 9.53 Å². The molecule has 0 amide bonds. The first kappa shape index (κ1) is 15.3. The lowest BCUT2D eigenvalue weighted by Crippen LogP contribution is -2.25. The number of nitrogens with one attached hydrogen (secondary N) is 1. The normalized spacial score (nSPS) is 15.4. The number of ether oxygens (including phenoxy) is 1. The number of aromatic nitrogens is 1. The molecule has 0 aliphatic carbocycles. The molecule has 5 nitrogen and oxygen atoms in total. The molecule has 1 saturated heterocycles. The van der Waals surface area contributed by atoms with Crippen LogP contribution in [0.5, 0.6) is 0 Å². The van der Waals surface area contributed by atoms with Crippen LogP contribution in [-0.2, 0) is 16.0 Å². The third-order valence-corrected chi connectivity index (χ3v) is 4.19. The second-order valence-electron chi connectivity index (χ2n) is 4.92. The zero-order valence-electron chi connectivity index (χ0n) is 12.1. The number of aryl methyl sites for hydroxylation is 1. The largest absolute Gasteiger partial charge is 0.466 e. The topological polar surface area (TPSA) is 54.5 Å². The summed E-state index contributed by atoms with van der Waals surface area (Å²) in [5, 5.41) is 6.31. The molecule has 112 valence electrons. The first-order chi connectivity index (χ1) is 9.78. The minimum Gasteiger partial charge on any atom is -0.466 e. The number of rotatable bonds is 8. The van der Waals surface area contributed by atoms with E-state index in [0.717, 1.165) is 23.9 Å². The van der Waals surface area contributed by atoms with Crippen molar-refractivity contribution in [2.75, 3.05) is 38.1 Å². The minimum atomic E-state index is -0.149. The number of nitrogens with zero attached hydrogens (tertiary/aromatic N) is 2. The number of anilines is 1. The zero-order valence-corrected chi connectivity index (χ0v) is 12.9. The Bertz CT molecular complexity index is 416. The lowest BCUT2D eigenvalue weighted by molar-refractivity contribution is -0.143. The highest BCUT2D eigenvalue weighted by Gasteiger charge is 2.11. The summed E-state index contributed by atoms with van der Waals surface area (Å²) in [5.74, 6) is -0.149. The average Bonchev–Trinajstić information content (AvgIpc) is 3.08. The molecule has 1 aromatic heterocycles. The molecule has 1 aromatic rings. The van der Waals surface area contributed by atoms with Crippen LogP contribution >= 0.6 is 11.3 Å². The monoisotopic (exact) mass is 297 g/mol. The molecule has 2 rings (SSSR count). The van der Waals surface area contributed by atoms with E-state index < -0.39 is 0 Å². The van der Waals surface area contributed by atoms with Gasteiger partial charge in [0.05, 0.1) is 18.7 Å². The van der Waals surface area contributed by atoms with Crippen molar-refractivity contribution in [1.82, 2.24) is 9.88 Å². The number of carbonyl (C=O) groups excluding carboxylic acids is 1. The average molecular weight is 297 g/mol. The van der Waals surface area contributed by atoms with E-state index in [2.05, 4.69) is 15.2 Å². The lowest BCUT2D eigenvalue weighted by Gasteiger charge is -2.14. The van der Waals surface area contributed by atoms with Crippen LogP contribution in [0.4, 0.5) is 5.13 Å². The molecule has 0 radical (unpaired) electrons. The van der Waals surface area contributed by atoms with Crippen molar-refractivity contribution in [3.63, 3.8) is 0 Å². The van der Waals surface area contributed by atoms with Gasteiger partial charge in [0.1, 0.15) is 0 Å². The molecule has 20 heavy (non-hydrogen) atoms. The molecule has 0 unspecified atom stereocenters. The number of hydrogen-bond donors (Lipinski definition) is 1. The van der Waals surface area contributed by atoms with Gasteiger partial charge in [-0.05, 0) is 32.9 Å². The maximum absolute atomic E-state index is 11.3. The van der Waals surface area contributed by atoms with Gasteiger partial charge in [0, 0.05) is 24.9 Å². The molecule has 2 heterocycles. The molecule has 0 bridgehead atoms. The Morgan fingerprint density at radius 3 is 3.05 bits per heavy atom. The molecule has 0 atom stereocenters. The Morgan fingerprint density at radius 1 is 1.50 bits per heavy atom. The van der Waals surface area contributed by atoms with E-state index in [-0.39, 0.29) is 5.97 Å². The van der Waals surface area contributed by atoms with E-state index in [1.165, 1.54) is 25.9 Å². The third-order valence-electron chi connectivity index (χ3n) is 3.35. The smallest absolute Gasteiger partial charge is 0.306 e. The maximum Gasteiger partial charge on any atom is 0.306 e. The fourth-order valence-corrected chi connectivity index (χ4v) is 3.07. The number of thiazole rings is 1. The molecule has 0 aromatic carbocycles. The van der Waals surface area contributed by atoms with Crippen LogP contribution < -0.4 is 5.32 Å². The van der Waals surface area contributed by atoms with Crippen molar-refractivity contribution >= 4 is 22.4 Å². The van der Waals surface area contributed by atoms with Crippen LogP contribution in [0.3, 0.4) is 0 Å². The summed E-state index contributed by atoms with van der Waals surface area (Å²) in [4.78, 5) is 18.2. The Balaban J connectivity index is 1.65. The van der Waals surface area contributed by atoms with Crippen LogP contribution in [0.1, 0.15) is 31.9 Å². The SMILES string of the molecule is CCOC(=O)CCc1csc(NCCN2CCCC2)n1. The molecular formula is C14H23N3O2S. The Kier molecular flexibility index (Phi) is 6.26. The standard InChI is InChI=1S/C14H23N3O2S/c1-2-19-13(18)6-5-12-11-20-14(16-12)15-7-10-17-8-3-4-9-17/h11H,2-10H2,1H3,(H,15,16). The van der Waals surface area contributed by atoms with Crippen LogP contribution in [0.15, 0.2) is 5.38 Å². The number of esters is 1. The van der Waals surface area contributed by atoms with Gasteiger partial charge in [-0.15, -0.1) is 11.3 Å². The quantitative estimate of drug-likeness (QED) is 0.745. The summed E-state index contributed by atoms with van der Waals surface area (Å²) in [6.07, 6.45) is 3.72. The van der Waals surface area contributed by atoms with Crippen LogP contribution in [0.25, 0.3) is 0 Å². The first-order valence-corrected chi connectivity index (χ1v) is 8.22. The van der Waals surface area contributed by atoms with Gasteiger partial charge in [0.25, 0.3) is 0 Å². The van der Waals surface area contributed by atoms with E-state index in [1.54, 1.807) is 11.3 Å². The van der Waals surface area contributed by atoms with E-state index >= 15 is 0 Å². The molecule has 1 N–H and O–H groups in total. The fourth-order valence-electron chi connectivity index (χ4n) is 2.29. The van der Waals surface area contributed by atoms with Gasteiger partial charge in [0.2, 0.25) is 0 Å². The highest BCUT2D eigenvalue weighted by Crippen LogP contribution is 2.16. The van der Waals surface area contributed by atoms with Gasteiger partial charge in [-0.3, -0.25) is 4.79 Å². The van der Waals surface area contributed by atoms with E-state index in [4.69, 9.17) is 4.74 Å². The van der Waals surface area contributed by atoms with E-state index in [0.29, 0.717) is 19.4 Å². The molecule has 1 aliphatic rings. The first-order valence-electron chi connectivity index (χ1n) is 7.34. The molecule has 0 spiro atoms. The molecular weight excluding hydrogens is 274 g/mol. The molecule has 0 saturated carbocycles. The van der Waals surface area contributed by atoms with Gasteiger partial charge in [-0.25, -0.2) is 4.98 Å². The third kappa shape index (κ3) is 5.09. The van der Waals surface area contributed by atoms with Crippen molar-refractivity contribution in [3.8, 4) is 0 Å². The second kappa shape index (κ2) is 8.21. The van der Waals surface area contributed by atoms with Crippen molar-refractivity contribution in [2.24, 2.45) is 0 Å². The highest BCUT2D eigenvalue weighted by molar-refractivity contribution is 7.13. The Labute approximate surface area is 124 Å². The van der Waals surface area contributed by atoms with Gasteiger partial charge >= 0.3 is 5.97 Å². The summed E-state index contributed by atoms with van der Waals surface area (Å²) < 4.78 is 4.91. The van der Waals surface area contributed by atoms with Crippen molar-refractivity contribution in [3.05, 3.63) is 11.1 Å².